The minimum Gasteiger partial charge on any atom is -0.390 e. The third-order valence-electron chi connectivity index (χ3n) is 5.66. The van der Waals surface area contributed by atoms with Crippen LogP contribution in [0.2, 0.25) is 0 Å². The molecule has 0 heterocycles. The number of hydrogen-bond donors (Lipinski definition) is 1. The van der Waals surface area contributed by atoms with E-state index in [9.17, 15) is 5.11 Å². The lowest BCUT2D eigenvalue weighted by Crippen LogP contribution is -2.31. The maximum atomic E-state index is 10.3. The average molecular weight is 377 g/mol. The molecule has 2 rings (SSSR count). The molecule has 3 nitrogen and oxygen atoms in total. The van der Waals surface area contributed by atoms with Crippen molar-refractivity contribution < 1.29 is 14.6 Å². The maximum Gasteiger partial charge on any atom is 0.0942 e. The summed E-state index contributed by atoms with van der Waals surface area (Å²) in [6.07, 6.45) is 14.2. The van der Waals surface area contributed by atoms with E-state index < -0.39 is 0 Å². The molecule has 0 aromatic heterocycles. The van der Waals surface area contributed by atoms with Gasteiger partial charge in [-0.3, -0.25) is 0 Å². The first kappa shape index (κ1) is 22.4. The van der Waals surface area contributed by atoms with Crippen molar-refractivity contribution in [3.63, 3.8) is 0 Å². The largest absolute Gasteiger partial charge is 0.390 e. The lowest BCUT2D eigenvalue weighted by Gasteiger charge is -2.22. The van der Waals surface area contributed by atoms with Gasteiger partial charge in [0.2, 0.25) is 0 Å². The van der Waals surface area contributed by atoms with Crippen molar-refractivity contribution in [3.05, 3.63) is 35.9 Å². The number of rotatable bonds is 17. The van der Waals surface area contributed by atoms with Crippen LogP contribution < -0.4 is 0 Å². The van der Waals surface area contributed by atoms with E-state index in [4.69, 9.17) is 9.47 Å². The number of hydrogen-bond acceptors (Lipinski definition) is 3. The number of aliphatic hydroxyl groups is 1. The van der Waals surface area contributed by atoms with Crippen molar-refractivity contribution in [1.29, 1.82) is 0 Å². The summed E-state index contributed by atoms with van der Waals surface area (Å²) in [4.78, 5) is 0. The molecule has 0 spiro atoms. The molecule has 0 bridgehead atoms. The van der Waals surface area contributed by atoms with Crippen LogP contribution in [0.25, 0.3) is 0 Å². The molecule has 1 aromatic rings. The van der Waals surface area contributed by atoms with Gasteiger partial charge in [-0.15, -0.1) is 0 Å². The van der Waals surface area contributed by atoms with E-state index in [0.717, 1.165) is 45.5 Å². The fraction of sp³-hybridized carbons (Fsp3) is 0.750. The number of benzene rings is 1. The van der Waals surface area contributed by atoms with Crippen LogP contribution in [0, 0.1) is 0 Å². The summed E-state index contributed by atoms with van der Waals surface area (Å²) in [6.45, 7) is 4.35. The van der Waals surface area contributed by atoms with Crippen molar-refractivity contribution in [3.8, 4) is 0 Å². The van der Waals surface area contributed by atoms with Gasteiger partial charge < -0.3 is 14.6 Å². The smallest absolute Gasteiger partial charge is 0.0942 e. The standard InChI is InChI=1S/C24H40O3/c1-2-27-24(18-19-24)23(25)17-13-8-6-4-3-5-7-9-14-20-26-21-22-15-11-10-12-16-22/h10-12,15-16,23,25H,2-9,13-14,17-21H2,1H3. The van der Waals surface area contributed by atoms with E-state index in [1.807, 2.05) is 13.0 Å². The Kier molecular flexibility index (Phi) is 11.0. The van der Waals surface area contributed by atoms with Crippen molar-refractivity contribution >= 4 is 0 Å². The molecule has 1 aliphatic carbocycles. The molecule has 27 heavy (non-hydrogen) atoms. The average Bonchev–Trinajstić information content (AvgIpc) is 3.47. The maximum absolute atomic E-state index is 10.3. The van der Waals surface area contributed by atoms with Gasteiger partial charge >= 0.3 is 0 Å². The van der Waals surface area contributed by atoms with Crippen molar-refractivity contribution in [2.45, 2.75) is 102 Å². The van der Waals surface area contributed by atoms with E-state index in [-0.39, 0.29) is 11.7 Å². The predicted octanol–water partition coefficient (Wildman–Crippen LogP) is 6.03. The minimum atomic E-state index is -0.249. The predicted molar refractivity (Wildman–Crippen MR) is 112 cm³/mol. The molecule has 1 N–H and O–H groups in total. The molecular formula is C24H40O3. The van der Waals surface area contributed by atoms with E-state index in [2.05, 4.69) is 24.3 Å². The highest BCUT2D eigenvalue weighted by Gasteiger charge is 2.49. The van der Waals surface area contributed by atoms with E-state index in [1.54, 1.807) is 0 Å². The quantitative estimate of drug-likeness (QED) is 0.337. The summed E-state index contributed by atoms with van der Waals surface area (Å²) in [5, 5.41) is 10.3. The summed E-state index contributed by atoms with van der Waals surface area (Å²) < 4.78 is 11.4. The second-order valence-corrected chi connectivity index (χ2v) is 8.02. The Morgan fingerprint density at radius 3 is 2.07 bits per heavy atom. The summed E-state index contributed by atoms with van der Waals surface area (Å²) in [6, 6.07) is 10.4. The van der Waals surface area contributed by atoms with E-state index in [1.165, 1.54) is 56.9 Å². The third-order valence-corrected chi connectivity index (χ3v) is 5.66. The van der Waals surface area contributed by atoms with Crippen LogP contribution in [-0.2, 0) is 16.1 Å². The van der Waals surface area contributed by atoms with Crippen molar-refractivity contribution in [1.82, 2.24) is 0 Å². The topological polar surface area (TPSA) is 38.7 Å². The molecule has 1 saturated carbocycles. The van der Waals surface area contributed by atoms with Gasteiger partial charge in [-0.2, -0.15) is 0 Å². The number of unbranched alkanes of at least 4 members (excludes halogenated alkanes) is 8. The molecule has 3 heteroatoms. The van der Waals surface area contributed by atoms with Crippen molar-refractivity contribution in [2.24, 2.45) is 0 Å². The highest BCUT2D eigenvalue weighted by Crippen LogP contribution is 2.44. The molecule has 0 aliphatic heterocycles. The van der Waals surface area contributed by atoms with E-state index in [0.29, 0.717) is 0 Å². The number of ether oxygens (including phenoxy) is 2. The fourth-order valence-corrected chi connectivity index (χ4v) is 3.79. The zero-order valence-corrected chi connectivity index (χ0v) is 17.3. The van der Waals surface area contributed by atoms with Crippen LogP contribution in [-0.4, -0.2) is 30.0 Å². The first-order valence-corrected chi connectivity index (χ1v) is 11.2. The Labute approximate surface area is 166 Å². The summed E-state index contributed by atoms with van der Waals surface area (Å²) in [5.41, 5.74) is 1.09. The van der Waals surface area contributed by atoms with Gasteiger partial charge in [-0.25, -0.2) is 0 Å². The van der Waals surface area contributed by atoms with Gasteiger partial charge in [-0.1, -0.05) is 81.7 Å². The van der Waals surface area contributed by atoms with Gasteiger partial charge in [0.1, 0.15) is 0 Å². The van der Waals surface area contributed by atoms with Gasteiger partial charge in [0.05, 0.1) is 18.3 Å². The minimum absolute atomic E-state index is 0.167. The fourth-order valence-electron chi connectivity index (χ4n) is 3.79. The second kappa shape index (κ2) is 13.3. The zero-order chi connectivity index (χ0) is 19.2. The van der Waals surface area contributed by atoms with Crippen LogP contribution >= 0.6 is 0 Å². The van der Waals surface area contributed by atoms with Gasteiger partial charge in [0, 0.05) is 13.2 Å². The molecule has 1 atom stereocenters. The van der Waals surface area contributed by atoms with Crippen LogP contribution in [0.3, 0.4) is 0 Å². The van der Waals surface area contributed by atoms with Crippen molar-refractivity contribution in [2.75, 3.05) is 13.2 Å². The normalized spacial score (nSPS) is 16.4. The first-order chi connectivity index (χ1) is 13.3. The molecule has 0 saturated heterocycles. The van der Waals surface area contributed by atoms with Crippen LogP contribution in [0.15, 0.2) is 30.3 Å². The van der Waals surface area contributed by atoms with Crippen LogP contribution in [0.1, 0.15) is 89.5 Å². The monoisotopic (exact) mass is 376 g/mol. The van der Waals surface area contributed by atoms with Crippen LogP contribution in [0.5, 0.6) is 0 Å². The molecule has 0 amide bonds. The second-order valence-electron chi connectivity index (χ2n) is 8.02. The summed E-state index contributed by atoms with van der Waals surface area (Å²) >= 11 is 0. The lowest BCUT2D eigenvalue weighted by atomic mass is 10.0. The Hall–Kier alpha value is -0.900. The Bertz CT molecular complexity index is 470. The van der Waals surface area contributed by atoms with E-state index >= 15 is 0 Å². The molecule has 0 radical (unpaired) electrons. The molecular weight excluding hydrogens is 336 g/mol. The molecule has 1 aliphatic rings. The first-order valence-electron chi connectivity index (χ1n) is 11.2. The van der Waals surface area contributed by atoms with Gasteiger partial charge in [-0.05, 0) is 38.2 Å². The highest BCUT2D eigenvalue weighted by atomic mass is 16.5. The van der Waals surface area contributed by atoms with Gasteiger partial charge in [0.25, 0.3) is 0 Å². The Morgan fingerprint density at radius 1 is 0.889 bits per heavy atom. The SMILES string of the molecule is CCOC1(C(O)CCCCCCCCCCCOCc2ccccc2)CC1. The highest BCUT2D eigenvalue weighted by molar-refractivity contribution is 5.13. The Balaban J connectivity index is 1.30. The molecule has 1 unspecified atom stereocenters. The third kappa shape index (κ3) is 9.23. The number of aliphatic hydroxyl groups excluding tert-OH is 1. The molecule has 1 fully saturated rings. The Morgan fingerprint density at radius 2 is 1.48 bits per heavy atom. The molecule has 154 valence electrons. The molecule has 1 aromatic carbocycles. The zero-order valence-electron chi connectivity index (χ0n) is 17.3. The van der Waals surface area contributed by atoms with Crippen LogP contribution in [0.4, 0.5) is 0 Å². The summed E-state index contributed by atoms with van der Waals surface area (Å²) in [5.74, 6) is 0. The van der Waals surface area contributed by atoms with Gasteiger partial charge in [0.15, 0.2) is 0 Å². The lowest BCUT2D eigenvalue weighted by molar-refractivity contribution is -0.0561. The summed E-state index contributed by atoms with van der Waals surface area (Å²) in [7, 11) is 0.